The highest BCUT2D eigenvalue weighted by Crippen LogP contribution is 2.34. The van der Waals surface area contributed by atoms with E-state index in [0.717, 1.165) is 0 Å². The molecule has 5 heteroatoms. The van der Waals surface area contributed by atoms with Gasteiger partial charge in [0.25, 0.3) is 0 Å². The number of ether oxygens (including phenoxy) is 2. The Morgan fingerprint density at radius 2 is 2.00 bits per heavy atom. The van der Waals surface area contributed by atoms with Gasteiger partial charge in [0.15, 0.2) is 0 Å². The van der Waals surface area contributed by atoms with Crippen molar-refractivity contribution in [3.8, 4) is 5.75 Å². The molecule has 18 heavy (non-hydrogen) atoms. The third kappa shape index (κ3) is 2.61. The van der Waals surface area contributed by atoms with Crippen LogP contribution in [0.1, 0.15) is 25.5 Å². The fourth-order valence-corrected chi connectivity index (χ4v) is 1.67. The number of carbonyl (C=O) groups is 1. The van der Waals surface area contributed by atoms with Crippen molar-refractivity contribution in [2.24, 2.45) is 11.1 Å². The number of rotatable bonds is 4. The van der Waals surface area contributed by atoms with Gasteiger partial charge in [0.1, 0.15) is 11.6 Å². The van der Waals surface area contributed by atoms with Crippen LogP contribution in [0.2, 0.25) is 0 Å². The Kier molecular flexibility index (Phi) is 4.29. The molecule has 0 aliphatic heterocycles. The molecule has 0 saturated heterocycles. The predicted molar refractivity (Wildman–Crippen MR) is 65.7 cm³/mol. The molecule has 0 spiro atoms. The fourth-order valence-electron chi connectivity index (χ4n) is 1.67. The van der Waals surface area contributed by atoms with Gasteiger partial charge in [0.2, 0.25) is 0 Å². The zero-order valence-electron chi connectivity index (χ0n) is 11.0. The summed E-state index contributed by atoms with van der Waals surface area (Å²) in [4.78, 5) is 11.6. The molecule has 0 heterocycles. The van der Waals surface area contributed by atoms with Crippen LogP contribution in [-0.2, 0) is 9.53 Å². The van der Waals surface area contributed by atoms with Crippen LogP contribution < -0.4 is 10.5 Å². The van der Waals surface area contributed by atoms with Gasteiger partial charge in [-0.05, 0) is 19.9 Å². The van der Waals surface area contributed by atoms with Crippen molar-refractivity contribution in [2.45, 2.75) is 19.9 Å². The summed E-state index contributed by atoms with van der Waals surface area (Å²) in [5, 5.41) is 0. The van der Waals surface area contributed by atoms with Crippen LogP contribution in [-0.4, -0.2) is 20.2 Å². The standard InChI is InChI=1S/C13H18FNO3/c1-13(2,12(16)18-4)11(15)9-6-5-8(17-3)7-10(9)14/h5-7,11H,15H2,1-4H3/t11-/m1/s1. The van der Waals surface area contributed by atoms with Crippen molar-refractivity contribution in [1.29, 1.82) is 0 Å². The number of nitrogens with two attached hydrogens (primary N) is 1. The molecule has 100 valence electrons. The lowest BCUT2D eigenvalue weighted by Gasteiger charge is -2.29. The highest BCUT2D eigenvalue weighted by atomic mass is 19.1. The Bertz CT molecular complexity index is 446. The van der Waals surface area contributed by atoms with Gasteiger partial charge in [-0.2, -0.15) is 0 Å². The number of carbonyl (C=O) groups excluding carboxylic acids is 1. The largest absolute Gasteiger partial charge is 0.497 e. The first-order valence-electron chi connectivity index (χ1n) is 5.52. The van der Waals surface area contributed by atoms with E-state index < -0.39 is 23.2 Å². The van der Waals surface area contributed by atoms with Crippen LogP contribution >= 0.6 is 0 Å². The van der Waals surface area contributed by atoms with E-state index in [1.54, 1.807) is 19.9 Å². The normalized spacial score (nSPS) is 13.0. The van der Waals surface area contributed by atoms with Gasteiger partial charge in [0, 0.05) is 17.7 Å². The van der Waals surface area contributed by atoms with E-state index in [1.165, 1.54) is 26.4 Å². The summed E-state index contributed by atoms with van der Waals surface area (Å²) in [6, 6.07) is 3.56. The lowest BCUT2D eigenvalue weighted by Crippen LogP contribution is -2.37. The van der Waals surface area contributed by atoms with Crippen molar-refractivity contribution in [3.63, 3.8) is 0 Å². The molecule has 0 fully saturated rings. The second kappa shape index (κ2) is 5.35. The molecule has 2 N–H and O–H groups in total. The molecule has 0 aliphatic rings. The maximum atomic E-state index is 13.9. The topological polar surface area (TPSA) is 61.5 Å². The molecule has 4 nitrogen and oxygen atoms in total. The summed E-state index contributed by atoms with van der Waals surface area (Å²) in [6.07, 6.45) is 0. The third-order valence-corrected chi connectivity index (χ3v) is 3.03. The minimum absolute atomic E-state index is 0.256. The van der Waals surface area contributed by atoms with Crippen molar-refractivity contribution in [3.05, 3.63) is 29.6 Å². The van der Waals surface area contributed by atoms with E-state index in [2.05, 4.69) is 4.74 Å². The number of benzene rings is 1. The molecule has 0 saturated carbocycles. The molecule has 0 aliphatic carbocycles. The number of esters is 1. The van der Waals surface area contributed by atoms with Crippen LogP contribution in [0.4, 0.5) is 4.39 Å². The molecule has 0 radical (unpaired) electrons. The molecule has 1 aromatic rings. The van der Waals surface area contributed by atoms with Gasteiger partial charge in [-0.15, -0.1) is 0 Å². The van der Waals surface area contributed by atoms with E-state index in [0.29, 0.717) is 5.75 Å². The lowest BCUT2D eigenvalue weighted by molar-refractivity contribution is -0.152. The molecule has 0 aromatic heterocycles. The van der Waals surface area contributed by atoms with Crippen LogP contribution in [0.5, 0.6) is 5.75 Å². The van der Waals surface area contributed by atoms with Gasteiger partial charge >= 0.3 is 5.97 Å². The SMILES string of the molecule is COC(=O)C(C)(C)[C@H](N)c1ccc(OC)cc1F. The Labute approximate surface area is 106 Å². The van der Waals surface area contributed by atoms with Crippen molar-refractivity contribution < 1.29 is 18.7 Å². The van der Waals surface area contributed by atoms with Crippen LogP contribution in [0.3, 0.4) is 0 Å². The average molecular weight is 255 g/mol. The first-order valence-corrected chi connectivity index (χ1v) is 5.52. The molecular weight excluding hydrogens is 237 g/mol. The number of methoxy groups -OCH3 is 2. The maximum Gasteiger partial charge on any atom is 0.313 e. The third-order valence-electron chi connectivity index (χ3n) is 3.03. The Hall–Kier alpha value is -1.62. The molecule has 1 aromatic carbocycles. The summed E-state index contributed by atoms with van der Waals surface area (Å²) in [5.74, 6) is -0.580. The minimum Gasteiger partial charge on any atom is -0.497 e. The van der Waals surface area contributed by atoms with E-state index in [1.807, 2.05) is 0 Å². The number of hydrogen-bond acceptors (Lipinski definition) is 4. The second-order valence-corrected chi connectivity index (χ2v) is 4.58. The zero-order valence-corrected chi connectivity index (χ0v) is 11.0. The first-order chi connectivity index (χ1) is 8.34. The van der Waals surface area contributed by atoms with E-state index in [-0.39, 0.29) is 5.56 Å². The van der Waals surface area contributed by atoms with Crippen LogP contribution in [0.25, 0.3) is 0 Å². The molecule has 0 unspecified atom stereocenters. The molecule has 0 amide bonds. The van der Waals surface area contributed by atoms with Crippen molar-refractivity contribution >= 4 is 5.97 Å². The Morgan fingerprint density at radius 3 is 2.44 bits per heavy atom. The molecular formula is C13H18FNO3. The van der Waals surface area contributed by atoms with Crippen molar-refractivity contribution in [2.75, 3.05) is 14.2 Å². The molecule has 1 atom stereocenters. The molecule has 0 bridgehead atoms. The van der Waals surface area contributed by atoms with Gasteiger partial charge < -0.3 is 15.2 Å². The Balaban J connectivity index is 3.11. The van der Waals surface area contributed by atoms with Crippen molar-refractivity contribution in [1.82, 2.24) is 0 Å². The average Bonchev–Trinajstić information content (AvgIpc) is 2.36. The first kappa shape index (κ1) is 14.4. The quantitative estimate of drug-likeness (QED) is 0.836. The fraction of sp³-hybridized carbons (Fsp3) is 0.462. The monoisotopic (exact) mass is 255 g/mol. The summed E-state index contributed by atoms with van der Waals surface area (Å²) >= 11 is 0. The maximum absolute atomic E-state index is 13.9. The van der Waals surface area contributed by atoms with Crippen LogP contribution in [0, 0.1) is 11.2 Å². The smallest absolute Gasteiger partial charge is 0.313 e. The predicted octanol–water partition coefficient (Wildman–Crippen LogP) is 2.03. The summed E-state index contributed by atoms with van der Waals surface area (Å²) in [7, 11) is 2.73. The lowest BCUT2D eigenvalue weighted by atomic mass is 9.81. The van der Waals surface area contributed by atoms with E-state index >= 15 is 0 Å². The van der Waals surface area contributed by atoms with Gasteiger partial charge in [-0.25, -0.2) is 4.39 Å². The van der Waals surface area contributed by atoms with Gasteiger partial charge in [-0.3, -0.25) is 4.79 Å². The highest BCUT2D eigenvalue weighted by molar-refractivity contribution is 5.77. The second-order valence-electron chi connectivity index (χ2n) is 4.58. The van der Waals surface area contributed by atoms with E-state index in [9.17, 15) is 9.18 Å². The Morgan fingerprint density at radius 1 is 1.39 bits per heavy atom. The van der Waals surface area contributed by atoms with Crippen LogP contribution in [0.15, 0.2) is 18.2 Å². The summed E-state index contributed by atoms with van der Waals surface area (Å²) in [5.41, 5.74) is 5.21. The highest BCUT2D eigenvalue weighted by Gasteiger charge is 2.37. The summed E-state index contributed by atoms with van der Waals surface area (Å²) < 4.78 is 23.5. The van der Waals surface area contributed by atoms with Gasteiger partial charge in [-0.1, -0.05) is 6.07 Å². The minimum atomic E-state index is -1.01. The number of halogens is 1. The number of hydrogen-bond donors (Lipinski definition) is 1. The zero-order chi connectivity index (χ0) is 13.9. The summed E-state index contributed by atoms with van der Waals surface area (Å²) in [6.45, 7) is 3.24. The molecule has 1 rings (SSSR count). The van der Waals surface area contributed by atoms with Gasteiger partial charge in [0.05, 0.1) is 19.6 Å². The van der Waals surface area contributed by atoms with E-state index in [4.69, 9.17) is 10.5 Å².